The maximum Gasteiger partial charge on any atom is 0.319 e. The highest BCUT2D eigenvalue weighted by atomic mass is 19.1. The van der Waals surface area contributed by atoms with Crippen LogP contribution in [0.15, 0.2) is 24.3 Å². The van der Waals surface area contributed by atoms with E-state index in [2.05, 4.69) is 22.7 Å². The van der Waals surface area contributed by atoms with E-state index in [0.717, 1.165) is 71.2 Å². The second-order valence-electron chi connectivity index (χ2n) is 16.6. The van der Waals surface area contributed by atoms with Crippen molar-refractivity contribution in [3.63, 3.8) is 0 Å². The topological polar surface area (TPSA) is 113 Å². The molecule has 0 bridgehead atoms. The lowest BCUT2D eigenvalue weighted by molar-refractivity contribution is -0.0453. The number of hydrogen-bond donors (Lipinski definition) is 2. The number of hydrogen-bond acceptors (Lipinski definition) is 10. The quantitative estimate of drug-likeness (QED) is 0.183. The predicted octanol–water partition coefficient (Wildman–Crippen LogP) is 7.00. The molecule has 2 N–H and O–H groups in total. The number of likely N-dealkylation sites (tertiary alicyclic amines) is 1. The summed E-state index contributed by atoms with van der Waals surface area (Å²) in [6.45, 7) is 9.05. The summed E-state index contributed by atoms with van der Waals surface area (Å²) >= 11 is 0. The summed E-state index contributed by atoms with van der Waals surface area (Å²) in [5.74, 6) is 1.11. The first-order chi connectivity index (χ1) is 25.9. The molecule has 3 atom stereocenters. The number of β-amino-alcohol motifs (C(OH)–C–C–N with tert-alkyl or cyclic N) is 1. The monoisotopic (exact) mass is 741 g/mol. The molecule has 4 aliphatic rings. The van der Waals surface area contributed by atoms with Gasteiger partial charge in [-0.25, -0.2) is 13.8 Å². The number of ether oxygens (including phenoxy) is 3. The Morgan fingerprint density at radius 2 is 1.78 bits per heavy atom. The molecule has 3 saturated heterocycles. The molecule has 2 aromatic carbocycles. The van der Waals surface area contributed by atoms with E-state index in [1.54, 1.807) is 6.92 Å². The van der Waals surface area contributed by atoms with Gasteiger partial charge in [-0.1, -0.05) is 25.3 Å². The molecule has 8 rings (SSSR count). The van der Waals surface area contributed by atoms with Crippen LogP contribution in [0.5, 0.6) is 17.6 Å². The van der Waals surface area contributed by atoms with E-state index >= 15 is 8.78 Å². The summed E-state index contributed by atoms with van der Waals surface area (Å²) in [5, 5.41) is 22.7. The molecule has 286 valence electrons. The summed E-state index contributed by atoms with van der Waals surface area (Å²) in [6, 6.07) is 5.83. The van der Waals surface area contributed by atoms with Crippen LogP contribution in [0.1, 0.15) is 77.2 Å². The van der Waals surface area contributed by atoms with Crippen molar-refractivity contribution in [2.75, 3.05) is 58.0 Å². The van der Waals surface area contributed by atoms with Crippen molar-refractivity contribution in [2.45, 2.75) is 83.3 Å². The van der Waals surface area contributed by atoms with Gasteiger partial charge in [-0.3, -0.25) is 4.90 Å². The highest BCUT2D eigenvalue weighted by Crippen LogP contribution is 2.50. The highest BCUT2D eigenvalue weighted by molar-refractivity contribution is 6.04. The minimum Gasteiger partial charge on any atom is -0.508 e. The van der Waals surface area contributed by atoms with Crippen molar-refractivity contribution in [3.05, 3.63) is 41.5 Å². The van der Waals surface area contributed by atoms with Crippen molar-refractivity contribution in [1.29, 1.82) is 0 Å². The Labute approximate surface area is 314 Å². The number of methoxy groups -OCH3 is 1. The first kappa shape index (κ1) is 36.7. The Morgan fingerprint density at radius 1 is 1.00 bits per heavy atom. The molecule has 2 aromatic heterocycles. The number of nitrogens with zero attached hydrogens (tertiary/aromatic N) is 5. The number of benzene rings is 2. The minimum absolute atomic E-state index is 0.0190. The number of terminal acetylenes is 1. The fourth-order valence-electron chi connectivity index (χ4n) is 9.80. The van der Waals surface area contributed by atoms with Crippen molar-refractivity contribution >= 4 is 27.5 Å². The molecule has 1 aliphatic carbocycles. The molecule has 1 saturated carbocycles. The number of aromatic nitrogens is 3. The van der Waals surface area contributed by atoms with E-state index in [1.165, 1.54) is 31.4 Å². The summed E-state index contributed by atoms with van der Waals surface area (Å²) in [5.41, 5.74) is -1.20. The number of anilines is 1. The molecule has 4 fully saturated rings. The van der Waals surface area contributed by atoms with E-state index in [4.69, 9.17) is 30.6 Å². The number of aliphatic hydroxyl groups is 1. The lowest BCUT2D eigenvalue weighted by Gasteiger charge is -2.49. The van der Waals surface area contributed by atoms with Gasteiger partial charge in [-0.05, 0) is 93.8 Å². The van der Waals surface area contributed by atoms with Gasteiger partial charge in [-0.2, -0.15) is 9.97 Å². The van der Waals surface area contributed by atoms with Gasteiger partial charge in [0.05, 0.1) is 24.9 Å². The number of rotatable bonds is 8. The fourth-order valence-corrected chi connectivity index (χ4v) is 9.80. The van der Waals surface area contributed by atoms with E-state index in [1.807, 2.05) is 4.90 Å². The molecule has 3 aliphatic heterocycles. The maximum atomic E-state index is 17.3. The van der Waals surface area contributed by atoms with Crippen LogP contribution in [0.4, 0.5) is 14.6 Å². The zero-order valence-corrected chi connectivity index (χ0v) is 31.4. The van der Waals surface area contributed by atoms with Gasteiger partial charge in [0.2, 0.25) is 5.88 Å². The third kappa shape index (κ3) is 6.58. The van der Waals surface area contributed by atoms with Crippen LogP contribution >= 0.6 is 0 Å². The van der Waals surface area contributed by atoms with Crippen LogP contribution in [0.2, 0.25) is 0 Å². The Hall–Kier alpha value is -4.31. The third-order valence-corrected chi connectivity index (χ3v) is 12.5. The van der Waals surface area contributed by atoms with Crippen LogP contribution in [-0.2, 0) is 4.74 Å². The molecule has 0 spiro atoms. The Morgan fingerprint density at radius 3 is 2.54 bits per heavy atom. The third-order valence-electron chi connectivity index (χ3n) is 12.5. The summed E-state index contributed by atoms with van der Waals surface area (Å²) in [6.07, 6.45) is 14.5. The zero-order valence-electron chi connectivity index (χ0n) is 31.4. The Balaban J connectivity index is 1.23. The molecule has 0 amide bonds. The first-order valence-corrected chi connectivity index (χ1v) is 19.2. The standard InChI is InChI=1S/C42H49F2N5O5/c1-5-28-30(43)11-10-26-21-27(50)22-29(32(26)28)35-34(44)36-33(38(45-35)52-4)37(49-18-7-12-41(3,51)24-49)47-39(46-36)54-25-42-13-6-9-31(42)48(17-8-14-42)23-40(2)15-19-53-20-16-40/h1,10-11,21-22,31,50-51H,6-9,12-20,23-25H2,2-4H3. The molecule has 12 heteroatoms. The summed E-state index contributed by atoms with van der Waals surface area (Å²) in [7, 11) is 1.42. The van der Waals surface area contributed by atoms with Crippen molar-refractivity contribution < 1.29 is 33.2 Å². The number of aromatic hydroxyl groups is 1. The normalized spacial score (nSPS) is 25.8. The van der Waals surface area contributed by atoms with E-state index < -0.39 is 17.2 Å². The lowest BCUT2D eigenvalue weighted by atomic mass is 9.73. The van der Waals surface area contributed by atoms with Gasteiger partial charge in [0.25, 0.3) is 0 Å². The largest absolute Gasteiger partial charge is 0.508 e. The molecule has 3 unspecified atom stereocenters. The Bertz CT molecular complexity index is 2130. The maximum absolute atomic E-state index is 17.3. The minimum atomic E-state index is -1.01. The summed E-state index contributed by atoms with van der Waals surface area (Å²) < 4.78 is 50.5. The second kappa shape index (κ2) is 14.1. The molecular weight excluding hydrogens is 692 g/mol. The van der Waals surface area contributed by atoms with Crippen molar-refractivity contribution in [2.24, 2.45) is 10.8 Å². The predicted molar refractivity (Wildman–Crippen MR) is 203 cm³/mol. The van der Waals surface area contributed by atoms with Crippen LogP contribution in [0.3, 0.4) is 0 Å². The van der Waals surface area contributed by atoms with Crippen molar-refractivity contribution in [3.8, 4) is 41.2 Å². The molecule has 5 heterocycles. The van der Waals surface area contributed by atoms with E-state index in [-0.39, 0.29) is 68.1 Å². The number of phenols is 1. The number of halogens is 2. The smallest absolute Gasteiger partial charge is 0.319 e. The van der Waals surface area contributed by atoms with Crippen LogP contribution in [0, 0.1) is 34.8 Å². The zero-order chi connectivity index (χ0) is 37.8. The average Bonchev–Trinajstić information content (AvgIpc) is 3.59. The number of piperidine rings is 2. The van der Waals surface area contributed by atoms with Gasteiger partial charge in [-0.15, -0.1) is 6.42 Å². The Kier molecular flexibility index (Phi) is 9.56. The average molecular weight is 742 g/mol. The van der Waals surface area contributed by atoms with Crippen molar-refractivity contribution in [1.82, 2.24) is 19.9 Å². The van der Waals surface area contributed by atoms with Gasteiger partial charge in [0.1, 0.15) is 34.0 Å². The number of fused-ring (bicyclic) bond motifs is 3. The SMILES string of the molecule is C#Cc1c(F)ccc2cc(O)cc(-c3nc(OC)c4c(N5CCCC(C)(O)C5)nc(OCC56CCCC5N(CC5(C)CCOCC5)CCC6)nc4c3F)c12. The lowest BCUT2D eigenvalue weighted by Crippen LogP contribution is -2.55. The first-order valence-electron chi connectivity index (χ1n) is 19.2. The van der Waals surface area contributed by atoms with E-state index in [9.17, 15) is 10.2 Å². The second-order valence-corrected chi connectivity index (χ2v) is 16.6. The van der Waals surface area contributed by atoms with Gasteiger partial charge < -0.3 is 29.3 Å². The molecular formula is C42H49F2N5O5. The number of phenolic OH excluding ortho intramolecular Hbond substituents is 1. The van der Waals surface area contributed by atoms with Gasteiger partial charge in [0, 0.05) is 55.3 Å². The molecule has 4 aromatic rings. The van der Waals surface area contributed by atoms with Crippen LogP contribution in [-0.4, -0.2) is 94.8 Å². The van der Waals surface area contributed by atoms with Crippen LogP contribution in [0.25, 0.3) is 32.9 Å². The van der Waals surface area contributed by atoms with Gasteiger partial charge in [0.15, 0.2) is 5.82 Å². The van der Waals surface area contributed by atoms with E-state index in [0.29, 0.717) is 43.2 Å². The highest BCUT2D eigenvalue weighted by Gasteiger charge is 2.50. The molecule has 0 radical (unpaired) electrons. The molecule has 10 nitrogen and oxygen atoms in total. The van der Waals surface area contributed by atoms with Gasteiger partial charge >= 0.3 is 6.01 Å². The fraction of sp³-hybridized carbons (Fsp3) is 0.548. The summed E-state index contributed by atoms with van der Waals surface area (Å²) in [4.78, 5) is 18.8. The number of pyridine rings is 1. The van der Waals surface area contributed by atoms with Crippen LogP contribution < -0.4 is 14.4 Å². The molecule has 54 heavy (non-hydrogen) atoms.